The lowest BCUT2D eigenvalue weighted by atomic mass is 10.2. The Bertz CT molecular complexity index is 1490. The highest BCUT2D eigenvalue weighted by molar-refractivity contribution is 7.92. The van der Waals surface area contributed by atoms with Crippen molar-refractivity contribution in [2.45, 2.75) is 32.6 Å². The van der Waals surface area contributed by atoms with Gasteiger partial charge in [0.15, 0.2) is 5.82 Å². The van der Waals surface area contributed by atoms with E-state index in [1.54, 1.807) is 41.9 Å². The summed E-state index contributed by atoms with van der Waals surface area (Å²) in [4.78, 5) is 8.38. The fourth-order valence-electron chi connectivity index (χ4n) is 3.20. The number of nitrogens with one attached hydrogen (secondary N) is 1. The average Bonchev–Trinajstić information content (AvgIpc) is 3.05. The second-order valence-electron chi connectivity index (χ2n) is 7.69. The molecule has 0 saturated heterocycles. The SMILES string of the molecule is Cc1cc(S(=O)(=O)Nc2ccc(Oc3cc(-n4nc(C)c(C)c4C)ncn3)cc2)c(Cl)cc1Cl. The zero-order valence-corrected chi connectivity index (χ0v) is 21.1. The molecule has 0 amide bonds. The molecule has 176 valence electrons. The normalized spacial score (nSPS) is 11.5. The fourth-order valence-corrected chi connectivity index (χ4v) is 5.10. The number of halogens is 2. The average molecular weight is 518 g/mol. The van der Waals surface area contributed by atoms with E-state index in [9.17, 15) is 8.42 Å². The van der Waals surface area contributed by atoms with Gasteiger partial charge < -0.3 is 4.74 Å². The smallest absolute Gasteiger partial charge is 0.263 e. The van der Waals surface area contributed by atoms with Crippen LogP contribution in [0, 0.1) is 27.7 Å². The Morgan fingerprint density at radius 2 is 1.65 bits per heavy atom. The Balaban J connectivity index is 1.52. The molecule has 0 atom stereocenters. The molecule has 0 saturated carbocycles. The Morgan fingerprint density at radius 1 is 0.941 bits per heavy atom. The van der Waals surface area contributed by atoms with E-state index in [4.69, 9.17) is 27.9 Å². The molecule has 0 bridgehead atoms. The number of hydrogen-bond acceptors (Lipinski definition) is 6. The van der Waals surface area contributed by atoms with E-state index in [0.29, 0.717) is 33.7 Å². The second kappa shape index (κ2) is 9.25. The summed E-state index contributed by atoms with van der Waals surface area (Å²) in [5, 5.41) is 4.94. The Labute approximate surface area is 207 Å². The van der Waals surface area contributed by atoms with Crippen molar-refractivity contribution in [3.05, 3.63) is 81.4 Å². The van der Waals surface area contributed by atoms with Gasteiger partial charge in [0, 0.05) is 22.5 Å². The van der Waals surface area contributed by atoms with Gasteiger partial charge in [0.05, 0.1) is 10.7 Å². The lowest BCUT2D eigenvalue weighted by Gasteiger charge is -2.12. The first kappa shape index (κ1) is 24.0. The van der Waals surface area contributed by atoms with Gasteiger partial charge in [-0.2, -0.15) is 5.10 Å². The third-order valence-corrected chi connectivity index (χ3v) is 7.58. The van der Waals surface area contributed by atoms with Crippen molar-refractivity contribution in [2.24, 2.45) is 0 Å². The van der Waals surface area contributed by atoms with Crippen LogP contribution in [-0.2, 0) is 10.0 Å². The van der Waals surface area contributed by atoms with Crippen molar-refractivity contribution in [1.82, 2.24) is 19.7 Å². The molecule has 0 unspecified atom stereocenters. The van der Waals surface area contributed by atoms with Crippen molar-refractivity contribution in [3.63, 3.8) is 0 Å². The molecule has 34 heavy (non-hydrogen) atoms. The number of hydrogen-bond donors (Lipinski definition) is 1. The number of benzene rings is 2. The highest BCUT2D eigenvalue weighted by Gasteiger charge is 2.20. The summed E-state index contributed by atoms with van der Waals surface area (Å²) >= 11 is 12.1. The van der Waals surface area contributed by atoms with E-state index < -0.39 is 10.0 Å². The number of anilines is 1. The minimum Gasteiger partial charge on any atom is -0.439 e. The van der Waals surface area contributed by atoms with Gasteiger partial charge in [-0.1, -0.05) is 23.2 Å². The highest BCUT2D eigenvalue weighted by atomic mass is 35.5. The van der Waals surface area contributed by atoms with Crippen LogP contribution in [0.5, 0.6) is 11.6 Å². The number of sulfonamides is 1. The molecule has 11 heteroatoms. The number of rotatable bonds is 6. The summed E-state index contributed by atoms with van der Waals surface area (Å²) < 4.78 is 35.7. The minimum absolute atomic E-state index is 0.0421. The molecule has 4 aromatic rings. The largest absolute Gasteiger partial charge is 0.439 e. The van der Waals surface area contributed by atoms with Gasteiger partial charge in [0.1, 0.15) is 17.0 Å². The molecule has 4 rings (SSSR count). The van der Waals surface area contributed by atoms with E-state index in [-0.39, 0.29) is 9.92 Å². The van der Waals surface area contributed by atoms with Crippen molar-refractivity contribution >= 4 is 38.9 Å². The van der Waals surface area contributed by atoms with Crippen molar-refractivity contribution in [1.29, 1.82) is 0 Å². The first-order valence-corrected chi connectivity index (χ1v) is 12.4. The van der Waals surface area contributed by atoms with Crippen LogP contribution >= 0.6 is 23.2 Å². The molecule has 2 aromatic heterocycles. The van der Waals surface area contributed by atoms with Gasteiger partial charge in [0.2, 0.25) is 5.88 Å². The molecular formula is C23H21Cl2N5O3S. The van der Waals surface area contributed by atoms with Crippen molar-refractivity contribution < 1.29 is 13.2 Å². The van der Waals surface area contributed by atoms with Gasteiger partial charge in [-0.25, -0.2) is 23.1 Å². The first-order valence-electron chi connectivity index (χ1n) is 10.2. The maximum atomic E-state index is 12.8. The maximum Gasteiger partial charge on any atom is 0.263 e. The fraction of sp³-hybridized carbons (Fsp3) is 0.174. The van der Waals surface area contributed by atoms with Gasteiger partial charge in [-0.15, -0.1) is 0 Å². The quantitative estimate of drug-likeness (QED) is 0.347. The summed E-state index contributed by atoms with van der Waals surface area (Å²) in [6.07, 6.45) is 1.40. The van der Waals surface area contributed by atoms with E-state index >= 15 is 0 Å². The molecule has 0 radical (unpaired) electrons. The van der Waals surface area contributed by atoms with Crippen LogP contribution in [0.2, 0.25) is 10.0 Å². The van der Waals surface area contributed by atoms with Gasteiger partial charge in [-0.3, -0.25) is 4.72 Å². The highest BCUT2D eigenvalue weighted by Crippen LogP contribution is 2.30. The monoisotopic (exact) mass is 517 g/mol. The van der Waals surface area contributed by atoms with Crippen molar-refractivity contribution in [2.75, 3.05) is 4.72 Å². The van der Waals surface area contributed by atoms with E-state index in [1.807, 2.05) is 20.8 Å². The predicted molar refractivity (Wildman–Crippen MR) is 132 cm³/mol. The van der Waals surface area contributed by atoms with Crippen molar-refractivity contribution in [3.8, 4) is 17.4 Å². The summed E-state index contributed by atoms with van der Waals surface area (Å²) in [7, 11) is -3.91. The zero-order chi connectivity index (χ0) is 24.6. The zero-order valence-electron chi connectivity index (χ0n) is 18.8. The molecule has 0 aliphatic rings. The van der Waals surface area contributed by atoms with Crippen LogP contribution in [0.1, 0.15) is 22.5 Å². The molecule has 0 aliphatic carbocycles. The van der Waals surface area contributed by atoms with Crippen LogP contribution in [0.25, 0.3) is 5.82 Å². The van der Waals surface area contributed by atoms with Crippen LogP contribution in [-0.4, -0.2) is 28.2 Å². The molecule has 1 N–H and O–H groups in total. The lowest BCUT2D eigenvalue weighted by molar-refractivity contribution is 0.460. The summed E-state index contributed by atoms with van der Waals surface area (Å²) in [5.41, 5.74) is 3.95. The van der Waals surface area contributed by atoms with Gasteiger partial charge in [-0.05, 0) is 75.2 Å². The standard InChI is InChI=1S/C23H21Cl2N5O3S/c1-13-9-21(20(25)10-19(13)24)34(31,32)29-17-5-7-18(8-6-17)33-23-11-22(26-12-27-23)30-16(4)14(2)15(3)28-30/h5-12,29H,1-4H3. The minimum atomic E-state index is -3.91. The van der Waals surface area contributed by atoms with Crippen LogP contribution in [0.3, 0.4) is 0 Å². The Hall–Kier alpha value is -3.14. The maximum absolute atomic E-state index is 12.8. The second-order valence-corrected chi connectivity index (χ2v) is 10.2. The third-order valence-electron chi connectivity index (χ3n) is 5.33. The summed E-state index contributed by atoms with van der Waals surface area (Å²) in [5.74, 6) is 1.38. The summed E-state index contributed by atoms with van der Waals surface area (Å²) in [6, 6.07) is 10.9. The molecule has 0 spiro atoms. The number of aryl methyl sites for hydroxylation is 2. The number of aromatic nitrogens is 4. The third kappa shape index (κ3) is 4.86. The van der Waals surface area contributed by atoms with Gasteiger partial charge >= 0.3 is 0 Å². The topological polar surface area (TPSA) is 99.0 Å². The van der Waals surface area contributed by atoms with E-state index in [2.05, 4.69) is 19.8 Å². The van der Waals surface area contributed by atoms with Gasteiger partial charge in [0.25, 0.3) is 10.0 Å². The Morgan fingerprint density at radius 3 is 2.29 bits per heavy atom. The molecule has 2 heterocycles. The first-order chi connectivity index (χ1) is 16.0. The van der Waals surface area contributed by atoms with E-state index in [1.165, 1.54) is 18.5 Å². The lowest BCUT2D eigenvalue weighted by Crippen LogP contribution is -2.13. The molecule has 2 aromatic carbocycles. The molecule has 0 aliphatic heterocycles. The van der Waals surface area contributed by atoms with Crippen LogP contribution in [0.15, 0.2) is 53.7 Å². The Kier molecular flexibility index (Phi) is 6.53. The van der Waals surface area contributed by atoms with E-state index in [0.717, 1.165) is 17.0 Å². The molecule has 0 fully saturated rings. The number of nitrogens with zero attached hydrogens (tertiary/aromatic N) is 4. The molecular weight excluding hydrogens is 497 g/mol. The number of ether oxygens (including phenoxy) is 1. The van der Waals surface area contributed by atoms with Crippen LogP contribution < -0.4 is 9.46 Å². The summed E-state index contributed by atoms with van der Waals surface area (Å²) in [6.45, 7) is 7.62. The predicted octanol–water partition coefficient (Wildman–Crippen LogP) is 5.80. The van der Waals surface area contributed by atoms with Crippen LogP contribution in [0.4, 0.5) is 5.69 Å². The molecule has 8 nitrogen and oxygen atoms in total.